The smallest absolute Gasteiger partial charge is 0.312 e. The lowest BCUT2D eigenvalue weighted by Gasteiger charge is -2.58. The van der Waals surface area contributed by atoms with Crippen molar-refractivity contribution in [2.45, 2.75) is 42.8 Å². The third-order valence-electron chi connectivity index (χ3n) is 7.97. The fraction of sp³-hybridized carbons (Fsp3) is 0.407. The Bertz CT molecular complexity index is 1250. The average molecular weight is 522 g/mol. The van der Waals surface area contributed by atoms with Gasteiger partial charge in [0.05, 0.1) is 5.41 Å². The molecule has 2 aromatic carbocycles. The molecule has 0 saturated heterocycles. The summed E-state index contributed by atoms with van der Waals surface area (Å²) < 4.78 is 5.54. The number of halogens is 1. The van der Waals surface area contributed by atoms with Gasteiger partial charge in [0, 0.05) is 32.3 Å². The van der Waals surface area contributed by atoms with Gasteiger partial charge in [0.15, 0.2) is 18.2 Å². The third kappa shape index (κ3) is 3.44. The molecule has 6 nitrogen and oxygen atoms in total. The fourth-order valence-corrected chi connectivity index (χ4v) is 8.50. The Hall–Kier alpha value is -2.80. The van der Waals surface area contributed by atoms with E-state index in [1.165, 1.54) is 12.5 Å². The number of carbonyl (C=O) groups is 4. The number of alkyl halides is 1. The largest absolute Gasteiger partial charge is 0.455 e. The van der Waals surface area contributed by atoms with Gasteiger partial charge in [-0.15, -0.1) is 0 Å². The van der Waals surface area contributed by atoms with Crippen LogP contribution in [0.2, 0.25) is 0 Å². The lowest BCUT2D eigenvalue weighted by atomic mass is 9.49. The van der Waals surface area contributed by atoms with E-state index in [9.17, 15) is 19.2 Å². The van der Waals surface area contributed by atoms with Gasteiger partial charge in [-0.3, -0.25) is 19.2 Å². The number of ether oxygens (including phenoxy) is 1. The summed E-state index contributed by atoms with van der Waals surface area (Å²) in [6.07, 6.45) is 5.88. The van der Waals surface area contributed by atoms with E-state index < -0.39 is 11.3 Å². The standard InChI is InChI=1S/C27H24BrNO5/c28-27-11-15-7-16(12-27)10-26(9-15,14-27)25(33)34-13-22(30)29-17-5-6-20-21(8-17)24(32)19-4-2-1-3-18(19)23(20)31/h1-6,8,15-16H,7,9-14H2,(H,29,30)/t15-,16-,26?,27?/m0/s1. The van der Waals surface area contributed by atoms with Crippen molar-refractivity contribution < 1.29 is 23.9 Å². The number of nitrogens with one attached hydrogen (secondary N) is 1. The molecule has 5 aliphatic rings. The number of anilines is 1. The zero-order valence-corrected chi connectivity index (χ0v) is 20.2. The van der Waals surface area contributed by atoms with E-state index in [2.05, 4.69) is 21.2 Å². The van der Waals surface area contributed by atoms with Crippen LogP contribution in [-0.2, 0) is 14.3 Å². The van der Waals surface area contributed by atoms with Crippen molar-refractivity contribution in [3.8, 4) is 0 Å². The molecule has 2 atom stereocenters. The van der Waals surface area contributed by atoms with Gasteiger partial charge in [-0.05, 0) is 68.6 Å². The highest BCUT2D eigenvalue weighted by Crippen LogP contribution is 2.64. The number of ketones is 2. The predicted molar refractivity (Wildman–Crippen MR) is 128 cm³/mol. The molecule has 0 heterocycles. The van der Waals surface area contributed by atoms with Gasteiger partial charge in [-0.25, -0.2) is 0 Å². The predicted octanol–water partition coefficient (Wildman–Crippen LogP) is 4.68. The Balaban J connectivity index is 1.13. The number of hydrogen-bond donors (Lipinski definition) is 1. The van der Waals surface area contributed by atoms with E-state index >= 15 is 0 Å². The number of carbonyl (C=O) groups excluding carboxylic acids is 4. The number of rotatable bonds is 4. The summed E-state index contributed by atoms with van der Waals surface area (Å²) >= 11 is 3.90. The summed E-state index contributed by atoms with van der Waals surface area (Å²) in [5.74, 6) is -0.119. The highest BCUT2D eigenvalue weighted by molar-refractivity contribution is 9.10. The van der Waals surface area contributed by atoms with Crippen molar-refractivity contribution in [1.82, 2.24) is 0 Å². The molecule has 4 bridgehead atoms. The summed E-state index contributed by atoms with van der Waals surface area (Å²) in [6, 6.07) is 11.4. The third-order valence-corrected chi connectivity index (χ3v) is 8.89. The number of fused-ring (bicyclic) bond motifs is 2. The van der Waals surface area contributed by atoms with Crippen LogP contribution >= 0.6 is 15.9 Å². The number of amides is 1. The molecule has 0 radical (unpaired) electrons. The number of esters is 1. The Morgan fingerprint density at radius 2 is 1.53 bits per heavy atom. The molecule has 0 spiro atoms. The van der Waals surface area contributed by atoms with E-state index in [4.69, 9.17) is 4.74 Å². The lowest BCUT2D eigenvalue weighted by molar-refractivity contribution is -0.170. The zero-order valence-electron chi connectivity index (χ0n) is 18.6. The maximum atomic E-state index is 13.1. The first-order valence-corrected chi connectivity index (χ1v) is 12.5. The molecule has 5 aliphatic carbocycles. The topological polar surface area (TPSA) is 89.5 Å². The van der Waals surface area contributed by atoms with Crippen LogP contribution in [0.1, 0.15) is 70.4 Å². The average Bonchev–Trinajstić information content (AvgIpc) is 2.79. The lowest BCUT2D eigenvalue weighted by Crippen LogP contribution is -2.56. The van der Waals surface area contributed by atoms with Crippen LogP contribution in [-0.4, -0.2) is 34.4 Å². The first-order chi connectivity index (χ1) is 16.3. The SMILES string of the molecule is O=C(COC(=O)C12C[C@@H]3C[C@H](CC(Br)(C3)C1)C2)Nc1ccc2c(c1)C(=O)c1ccccc1C2=O. The summed E-state index contributed by atoms with van der Waals surface area (Å²) in [7, 11) is 0. The van der Waals surface area contributed by atoms with E-state index in [1.807, 2.05) is 0 Å². The van der Waals surface area contributed by atoms with Crippen molar-refractivity contribution in [1.29, 1.82) is 0 Å². The van der Waals surface area contributed by atoms with Crippen molar-refractivity contribution >= 4 is 45.1 Å². The molecule has 1 amide bonds. The molecule has 1 N–H and O–H groups in total. The molecule has 7 heteroatoms. The summed E-state index contributed by atoms with van der Waals surface area (Å²) in [5.41, 5.74) is 1.22. The fourth-order valence-electron chi connectivity index (χ4n) is 7.05. The second-order valence-corrected chi connectivity index (χ2v) is 12.2. The second kappa shape index (κ2) is 7.60. The summed E-state index contributed by atoms with van der Waals surface area (Å²) in [5, 5.41) is 2.70. The van der Waals surface area contributed by atoms with Crippen LogP contribution in [0.4, 0.5) is 5.69 Å². The van der Waals surface area contributed by atoms with Crippen LogP contribution in [0.25, 0.3) is 0 Å². The number of benzene rings is 2. The van der Waals surface area contributed by atoms with E-state index in [0.717, 1.165) is 32.1 Å². The first kappa shape index (κ1) is 21.7. The first-order valence-electron chi connectivity index (χ1n) is 11.7. The van der Waals surface area contributed by atoms with Gasteiger partial charge in [0.1, 0.15) is 0 Å². The normalized spacial score (nSPS) is 30.5. The highest BCUT2D eigenvalue weighted by atomic mass is 79.9. The molecular formula is C27H24BrNO5. The Morgan fingerprint density at radius 3 is 2.18 bits per heavy atom. The maximum Gasteiger partial charge on any atom is 0.312 e. The second-order valence-electron chi connectivity index (χ2n) is 10.5. The van der Waals surface area contributed by atoms with Gasteiger partial charge in [0.2, 0.25) is 0 Å². The van der Waals surface area contributed by atoms with Gasteiger partial charge >= 0.3 is 5.97 Å². The van der Waals surface area contributed by atoms with Crippen molar-refractivity contribution in [2.75, 3.05) is 11.9 Å². The van der Waals surface area contributed by atoms with Crippen LogP contribution in [0.3, 0.4) is 0 Å². The molecule has 2 aromatic rings. The minimum Gasteiger partial charge on any atom is -0.455 e. The minimum atomic E-state index is -0.486. The van der Waals surface area contributed by atoms with Gasteiger partial charge in [-0.2, -0.15) is 0 Å². The molecule has 0 aromatic heterocycles. The Labute approximate surface area is 205 Å². The molecule has 7 rings (SSSR count). The van der Waals surface area contributed by atoms with E-state index in [1.54, 1.807) is 36.4 Å². The van der Waals surface area contributed by atoms with Gasteiger partial charge in [0.25, 0.3) is 5.91 Å². The molecule has 34 heavy (non-hydrogen) atoms. The van der Waals surface area contributed by atoms with Gasteiger partial charge in [-0.1, -0.05) is 40.2 Å². The quantitative estimate of drug-likeness (QED) is 0.397. The summed E-state index contributed by atoms with van der Waals surface area (Å²) in [4.78, 5) is 51.3. The molecule has 174 valence electrons. The van der Waals surface area contributed by atoms with Gasteiger partial charge < -0.3 is 10.1 Å². The number of hydrogen-bond acceptors (Lipinski definition) is 5. The van der Waals surface area contributed by atoms with Crippen LogP contribution in [0, 0.1) is 17.3 Å². The molecule has 4 fully saturated rings. The summed E-state index contributed by atoms with van der Waals surface area (Å²) in [6.45, 7) is -0.377. The highest BCUT2D eigenvalue weighted by Gasteiger charge is 2.60. The molecule has 0 unspecified atom stereocenters. The van der Waals surface area contributed by atoms with Crippen molar-refractivity contribution in [2.24, 2.45) is 17.3 Å². The van der Waals surface area contributed by atoms with E-state index in [-0.39, 0.29) is 34.0 Å². The van der Waals surface area contributed by atoms with Crippen molar-refractivity contribution in [3.63, 3.8) is 0 Å². The van der Waals surface area contributed by atoms with Crippen LogP contribution in [0.15, 0.2) is 42.5 Å². The van der Waals surface area contributed by atoms with Crippen LogP contribution in [0.5, 0.6) is 0 Å². The van der Waals surface area contributed by atoms with Crippen LogP contribution < -0.4 is 5.32 Å². The minimum absolute atomic E-state index is 0.0318. The Kier molecular flexibility index (Phi) is 4.86. The molecule has 0 aliphatic heterocycles. The Morgan fingerprint density at radius 1 is 0.912 bits per heavy atom. The van der Waals surface area contributed by atoms with E-state index in [0.29, 0.717) is 34.2 Å². The van der Waals surface area contributed by atoms with Crippen molar-refractivity contribution in [3.05, 3.63) is 64.7 Å². The zero-order chi connectivity index (χ0) is 23.7. The molecular weight excluding hydrogens is 498 g/mol. The molecule has 4 saturated carbocycles. The maximum absolute atomic E-state index is 13.1. The monoisotopic (exact) mass is 521 g/mol.